The minimum Gasteiger partial charge on any atom is -0.454 e. The molecule has 30 heavy (non-hydrogen) atoms. The molecule has 1 heterocycles. The maximum absolute atomic E-state index is 12.7. The molecule has 0 radical (unpaired) electrons. The number of anilines is 2. The molecular formula is C22H19ClN2O4S. The fourth-order valence-corrected chi connectivity index (χ4v) is 4.68. The summed E-state index contributed by atoms with van der Waals surface area (Å²) in [5, 5.41) is 3.20. The van der Waals surface area contributed by atoms with E-state index < -0.39 is 15.9 Å². The van der Waals surface area contributed by atoms with Gasteiger partial charge in [0.15, 0.2) is 5.75 Å². The molecule has 1 amide bonds. The van der Waals surface area contributed by atoms with Crippen LogP contribution in [0.5, 0.6) is 11.5 Å². The first kappa shape index (κ1) is 20.3. The van der Waals surface area contributed by atoms with Crippen molar-refractivity contribution in [3.63, 3.8) is 0 Å². The monoisotopic (exact) mass is 442 g/mol. The highest BCUT2D eigenvalue weighted by Gasteiger charge is 2.22. The number of amides is 1. The van der Waals surface area contributed by atoms with Crippen LogP contribution in [-0.2, 0) is 15.8 Å². The first-order chi connectivity index (χ1) is 14.2. The largest absolute Gasteiger partial charge is 0.454 e. The second kappa shape index (κ2) is 7.66. The van der Waals surface area contributed by atoms with Gasteiger partial charge in [-0.25, -0.2) is 8.42 Å². The molecule has 8 heteroatoms. The summed E-state index contributed by atoms with van der Waals surface area (Å²) in [6, 6.07) is 15.2. The van der Waals surface area contributed by atoms with Gasteiger partial charge in [0.2, 0.25) is 10.0 Å². The van der Waals surface area contributed by atoms with Crippen LogP contribution in [-0.4, -0.2) is 14.3 Å². The maximum Gasteiger partial charge on any atom is 0.259 e. The molecule has 3 aromatic rings. The average molecular weight is 443 g/mol. The second-order valence-corrected chi connectivity index (χ2v) is 9.36. The van der Waals surface area contributed by atoms with Crippen molar-refractivity contribution in [2.45, 2.75) is 19.6 Å². The van der Waals surface area contributed by atoms with Gasteiger partial charge in [-0.3, -0.25) is 9.52 Å². The zero-order chi connectivity index (χ0) is 21.5. The van der Waals surface area contributed by atoms with Crippen molar-refractivity contribution in [3.8, 4) is 11.5 Å². The molecule has 0 fully saturated rings. The van der Waals surface area contributed by atoms with Gasteiger partial charge < -0.3 is 10.1 Å². The summed E-state index contributed by atoms with van der Waals surface area (Å²) < 4.78 is 33.8. The number of hydrogen-bond acceptors (Lipinski definition) is 4. The molecule has 1 aliphatic heterocycles. The summed E-state index contributed by atoms with van der Waals surface area (Å²) in [5.74, 6) is 0.201. The number of sulfonamides is 1. The number of fused-ring (bicyclic) bond motifs is 2. The van der Waals surface area contributed by atoms with Crippen LogP contribution in [0.15, 0.2) is 54.6 Å². The van der Waals surface area contributed by atoms with Crippen molar-refractivity contribution < 1.29 is 17.9 Å². The van der Waals surface area contributed by atoms with E-state index in [-0.39, 0.29) is 17.0 Å². The van der Waals surface area contributed by atoms with Gasteiger partial charge in [-0.2, -0.15) is 0 Å². The van der Waals surface area contributed by atoms with E-state index in [4.69, 9.17) is 16.3 Å². The van der Waals surface area contributed by atoms with E-state index in [0.29, 0.717) is 22.2 Å². The van der Waals surface area contributed by atoms with Crippen molar-refractivity contribution in [2.24, 2.45) is 0 Å². The van der Waals surface area contributed by atoms with E-state index in [9.17, 15) is 13.2 Å². The smallest absolute Gasteiger partial charge is 0.259 e. The lowest BCUT2D eigenvalue weighted by molar-refractivity contribution is 0.102. The maximum atomic E-state index is 12.7. The molecule has 2 N–H and O–H groups in total. The van der Waals surface area contributed by atoms with E-state index in [1.165, 1.54) is 6.07 Å². The van der Waals surface area contributed by atoms with Crippen molar-refractivity contribution in [2.75, 3.05) is 10.0 Å². The lowest BCUT2D eigenvalue weighted by Crippen LogP contribution is -2.17. The Morgan fingerprint density at radius 3 is 2.57 bits per heavy atom. The van der Waals surface area contributed by atoms with Gasteiger partial charge in [-0.1, -0.05) is 35.4 Å². The predicted molar refractivity (Wildman–Crippen MR) is 118 cm³/mol. The average Bonchev–Trinajstić information content (AvgIpc) is 2.80. The highest BCUT2D eigenvalue weighted by molar-refractivity contribution is 7.91. The number of hydrogen-bond donors (Lipinski definition) is 2. The van der Waals surface area contributed by atoms with Crippen LogP contribution in [0.1, 0.15) is 27.0 Å². The molecule has 154 valence electrons. The SMILES string of the molecule is Cc1ccc(C)c(CS(=O)(=O)Nc2ccc3c(c2)C(=O)Nc2cc(Cl)ccc2O3)c1. The first-order valence-corrected chi connectivity index (χ1v) is 11.2. The van der Waals surface area contributed by atoms with E-state index in [2.05, 4.69) is 10.0 Å². The van der Waals surface area contributed by atoms with Gasteiger partial charge in [0.1, 0.15) is 5.75 Å². The van der Waals surface area contributed by atoms with Crippen molar-refractivity contribution in [1.29, 1.82) is 0 Å². The van der Waals surface area contributed by atoms with Gasteiger partial charge in [-0.05, 0) is 61.4 Å². The molecule has 4 rings (SSSR count). The number of aryl methyl sites for hydroxylation is 2. The Morgan fingerprint density at radius 2 is 1.77 bits per heavy atom. The Morgan fingerprint density at radius 1 is 1.00 bits per heavy atom. The third kappa shape index (κ3) is 4.27. The van der Waals surface area contributed by atoms with Crippen LogP contribution in [0, 0.1) is 13.8 Å². The molecule has 0 atom stereocenters. The highest BCUT2D eigenvalue weighted by Crippen LogP contribution is 2.38. The summed E-state index contributed by atoms with van der Waals surface area (Å²) in [7, 11) is -3.68. The minimum absolute atomic E-state index is 0.162. The van der Waals surface area contributed by atoms with Crippen LogP contribution in [0.3, 0.4) is 0 Å². The number of ether oxygens (including phenoxy) is 1. The number of rotatable bonds is 4. The van der Waals surface area contributed by atoms with Crippen LogP contribution in [0.25, 0.3) is 0 Å². The topological polar surface area (TPSA) is 84.5 Å². The van der Waals surface area contributed by atoms with E-state index in [0.717, 1.165) is 16.7 Å². The molecule has 0 saturated heterocycles. The fraction of sp³-hybridized carbons (Fsp3) is 0.136. The number of halogens is 1. The molecule has 6 nitrogen and oxygen atoms in total. The van der Waals surface area contributed by atoms with Gasteiger partial charge in [0, 0.05) is 10.7 Å². The first-order valence-electron chi connectivity index (χ1n) is 9.20. The molecule has 3 aromatic carbocycles. The molecular weight excluding hydrogens is 424 g/mol. The third-order valence-electron chi connectivity index (χ3n) is 4.76. The summed E-state index contributed by atoms with van der Waals surface area (Å²) >= 11 is 5.99. The summed E-state index contributed by atoms with van der Waals surface area (Å²) in [4.78, 5) is 12.7. The third-order valence-corrected chi connectivity index (χ3v) is 6.23. The van der Waals surface area contributed by atoms with Crippen LogP contribution in [0.4, 0.5) is 11.4 Å². The molecule has 1 aliphatic rings. The molecule has 0 spiro atoms. The normalized spacial score (nSPS) is 12.8. The van der Waals surface area contributed by atoms with Gasteiger partial charge in [0.05, 0.1) is 17.0 Å². The van der Waals surface area contributed by atoms with Gasteiger partial charge >= 0.3 is 0 Å². The molecule has 0 bridgehead atoms. The number of benzene rings is 3. The molecule has 0 saturated carbocycles. The summed E-state index contributed by atoms with van der Waals surface area (Å²) in [6.07, 6.45) is 0. The number of carbonyl (C=O) groups is 1. The second-order valence-electron chi connectivity index (χ2n) is 7.20. The minimum atomic E-state index is -3.68. The fourth-order valence-electron chi connectivity index (χ4n) is 3.23. The molecule has 0 aliphatic carbocycles. The summed E-state index contributed by atoms with van der Waals surface area (Å²) in [6.45, 7) is 3.79. The van der Waals surface area contributed by atoms with Crippen molar-refractivity contribution in [3.05, 3.63) is 81.9 Å². The van der Waals surface area contributed by atoms with Crippen LogP contribution in [0.2, 0.25) is 5.02 Å². The standard InChI is InChI=1S/C22H19ClN2O4S/c1-13-3-4-14(2)15(9-13)12-30(27,28)25-17-6-8-20-18(11-17)22(26)24-19-10-16(23)5-7-21(19)29-20/h3-11,25H,12H2,1-2H3,(H,24,26). The van der Waals surface area contributed by atoms with Gasteiger partial charge in [-0.15, -0.1) is 0 Å². The zero-order valence-corrected chi connectivity index (χ0v) is 17.9. The van der Waals surface area contributed by atoms with Gasteiger partial charge in [0.25, 0.3) is 5.91 Å². The van der Waals surface area contributed by atoms with E-state index in [1.54, 1.807) is 30.3 Å². The predicted octanol–water partition coefficient (Wildman–Crippen LogP) is 5.26. The van der Waals surface area contributed by atoms with E-state index in [1.807, 2.05) is 32.0 Å². The van der Waals surface area contributed by atoms with Crippen LogP contribution < -0.4 is 14.8 Å². The Balaban J connectivity index is 1.60. The summed E-state index contributed by atoms with van der Waals surface area (Å²) in [5.41, 5.74) is 3.56. The highest BCUT2D eigenvalue weighted by atomic mass is 35.5. The lowest BCUT2D eigenvalue weighted by Gasteiger charge is -2.12. The quantitative estimate of drug-likeness (QED) is 0.577. The Hall–Kier alpha value is -3.03. The number of carbonyl (C=O) groups excluding carboxylic acids is 1. The zero-order valence-electron chi connectivity index (χ0n) is 16.3. The molecule has 0 aromatic heterocycles. The van der Waals surface area contributed by atoms with Crippen molar-refractivity contribution in [1.82, 2.24) is 0 Å². The van der Waals surface area contributed by atoms with Crippen molar-refractivity contribution >= 4 is 38.9 Å². The Bertz CT molecular complexity index is 1270. The molecule has 0 unspecified atom stereocenters. The number of nitrogens with one attached hydrogen (secondary N) is 2. The Kier molecular flexibility index (Phi) is 5.17. The lowest BCUT2D eigenvalue weighted by atomic mass is 10.1. The van der Waals surface area contributed by atoms with Crippen LogP contribution >= 0.6 is 11.6 Å². The van der Waals surface area contributed by atoms with E-state index >= 15 is 0 Å². The Labute approximate surface area is 179 Å².